The second-order valence-corrected chi connectivity index (χ2v) is 5.09. The molecule has 0 fully saturated rings. The smallest absolute Gasteiger partial charge is 0.323 e. The van der Waals surface area contributed by atoms with Gasteiger partial charge in [0.2, 0.25) is 5.89 Å². The number of rotatable bonds is 6. The number of esters is 1. The van der Waals surface area contributed by atoms with Crippen LogP contribution in [0.2, 0.25) is 0 Å². The average Bonchev–Trinajstić information content (AvgIpc) is 2.88. The maximum absolute atomic E-state index is 13.4. The molecule has 1 aromatic carbocycles. The highest BCUT2D eigenvalue weighted by atomic mass is 32.2. The molecule has 0 N–H and O–H groups in total. The van der Waals surface area contributed by atoms with E-state index in [0.29, 0.717) is 17.1 Å². The largest absolute Gasteiger partial charge is 0.465 e. The number of thioether (sulfide) groups is 1. The topological polar surface area (TPSA) is 65.2 Å². The predicted octanol–water partition coefficient (Wildman–Crippen LogP) is 2.77. The van der Waals surface area contributed by atoms with Crippen LogP contribution in [0, 0.1) is 5.82 Å². The lowest BCUT2D eigenvalue weighted by atomic mass is 9.99. The van der Waals surface area contributed by atoms with E-state index < -0.39 is 17.7 Å². The molecule has 0 radical (unpaired) electrons. The molecule has 112 valence electrons. The molecular formula is C14H15FN2O3S. The third-order valence-electron chi connectivity index (χ3n) is 2.71. The molecule has 1 aromatic heterocycles. The summed E-state index contributed by atoms with van der Waals surface area (Å²) in [5, 5.41) is 3.81. The van der Waals surface area contributed by atoms with Gasteiger partial charge in [-0.1, -0.05) is 17.3 Å². The summed E-state index contributed by atoms with van der Waals surface area (Å²) >= 11 is 1.54. The van der Waals surface area contributed by atoms with E-state index in [9.17, 15) is 9.18 Å². The number of nitrogens with zero attached hydrogens (tertiary/aromatic N) is 2. The van der Waals surface area contributed by atoms with Crippen LogP contribution in [-0.4, -0.2) is 29.0 Å². The molecular weight excluding hydrogens is 295 g/mol. The molecule has 2 aromatic rings. The minimum absolute atomic E-state index is 0.114. The van der Waals surface area contributed by atoms with Crippen LogP contribution in [0.15, 0.2) is 28.8 Å². The van der Waals surface area contributed by atoms with Crippen molar-refractivity contribution in [1.82, 2.24) is 10.1 Å². The summed E-state index contributed by atoms with van der Waals surface area (Å²) in [4.78, 5) is 16.3. The van der Waals surface area contributed by atoms with Crippen LogP contribution in [-0.2, 0) is 15.3 Å². The number of benzene rings is 1. The summed E-state index contributed by atoms with van der Waals surface area (Å²) in [6.07, 6.45) is 1.91. The van der Waals surface area contributed by atoms with Crippen molar-refractivity contribution >= 4 is 17.7 Å². The Morgan fingerprint density at radius 2 is 2.33 bits per heavy atom. The van der Waals surface area contributed by atoms with Crippen molar-refractivity contribution in [2.45, 2.75) is 18.6 Å². The van der Waals surface area contributed by atoms with Gasteiger partial charge in [-0.05, 0) is 30.9 Å². The SMILES string of the molecule is CCOC(=O)C(c1cccc(F)c1)c1nc(CSC)no1. The van der Waals surface area contributed by atoms with Crippen molar-refractivity contribution in [3.05, 3.63) is 47.4 Å². The van der Waals surface area contributed by atoms with Gasteiger partial charge in [-0.15, -0.1) is 0 Å². The van der Waals surface area contributed by atoms with E-state index in [0.717, 1.165) is 0 Å². The molecule has 0 aliphatic rings. The van der Waals surface area contributed by atoms with Gasteiger partial charge in [0.1, 0.15) is 5.82 Å². The predicted molar refractivity (Wildman–Crippen MR) is 76.4 cm³/mol. The van der Waals surface area contributed by atoms with Gasteiger partial charge in [-0.3, -0.25) is 4.79 Å². The normalized spacial score (nSPS) is 12.1. The van der Waals surface area contributed by atoms with Crippen LogP contribution >= 0.6 is 11.8 Å². The molecule has 1 unspecified atom stereocenters. The number of carbonyl (C=O) groups excluding carboxylic acids is 1. The highest BCUT2D eigenvalue weighted by Crippen LogP contribution is 2.26. The van der Waals surface area contributed by atoms with Gasteiger partial charge in [0.05, 0.1) is 12.4 Å². The molecule has 7 heteroatoms. The Hall–Kier alpha value is -1.89. The van der Waals surface area contributed by atoms with E-state index in [2.05, 4.69) is 10.1 Å². The molecule has 1 heterocycles. The standard InChI is InChI=1S/C14H15FN2O3S/c1-3-19-14(18)12(9-5-4-6-10(15)7-9)13-16-11(8-21-2)17-20-13/h4-7,12H,3,8H2,1-2H3. The number of carbonyl (C=O) groups is 1. The summed E-state index contributed by atoms with van der Waals surface area (Å²) < 4.78 is 23.6. The van der Waals surface area contributed by atoms with Crippen LogP contribution < -0.4 is 0 Å². The number of hydrogen-bond acceptors (Lipinski definition) is 6. The summed E-state index contributed by atoms with van der Waals surface area (Å²) in [5.41, 5.74) is 0.424. The number of aromatic nitrogens is 2. The van der Waals surface area contributed by atoms with Gasteiger partial charge in [0.25, 0.3) is 0 Å². The minimum Gasteiger partial charge on any atom is -0.465 e. The van der Waals surface area contributed by atoms with Crippen LogP contribution in [0.1, 0.15) is 30.1 Å². The molecule has 0 bridgehead atoms. The van der Waals surface area contributed by atoms with E-state index in [-0.39, 0.29) is 12.5 Å². The first kappa shape index (κ1) is 15.5. The number of hydrogen-bond donors (Lipinski definition) is 0. The highest BCUT2D eigenvalue weighted by Gasteiger charge is 2.30. The first-order valence-corrected chi connectivity index (χ1v) is 7.78. The zero-order valence-corrected chi connectivity index (χ0v) is 12.5. The van der Waals surface area contributed by atoms with E-state index in [1.807, 2.05) is 6.26 Å². The minimum atomic E-state index is -0.913. The third-order valence-corrected chi connectivity index (χ3v) is 3.26. The fourth-order valence-electron chi connectivity index (χ4n) is 1.86. The Kier molecular flexibility index (Phi) is 5.32. The molecule has 0 amide bonds. The van der Waals surface area contributed by atoms with Crippen molar-refractivity contribution in [2.75, 3.05) is 12.9 Å². The first-order valence-electron chi connectivity index (χ1n) is 6.39. The Bertz CT molecular complexity index is 618. The molecule has 0 aliphatic carbocycles. The molecule has 5 nitrogen and oxygen atoms in total. The summed E-state index contributed by atoms with van der Waals surface area (Å²) in [5.74, 6) is -0.717. The third kappa shape index (κ3) is 3.81. The molecule has 21 heavy (non-hydrogen) atoms. The van der Waals surface area contributed by atoms with Gasteiger partial charge in [0, 0.05) is 0 Å². The monoisotopic (exact) mass is 310 g/mol. The fourth-order valence-corrected chi connectivity index (χ4v) is 2.24. The second-order valence-electron chi connectivity index (χ2n) is 4.22. The van der Waals surface area contributed by atoms with Crippen molar-refractivity contribution in [2.24, 2.45) is 0 Å². The van der Waals surface area contributed by atoms with Gasteiger partial charge in [-0.25, -0.2) is 4.39 Å². The van der Waals surface area contributed by atoms with E-state index >= 15 is 0 Å². The van der Waals surface area contributed by atoms with E-state index in [4.69, 9.17) is 9.26 Å². The fraction of sp³-hybridized carbons (Fsp3) is 0.357. The Morgan fingerprint density at radius 1 is 1.52 bits per heavy atom. The first-order chi connectivity index (χ1) is 10.2. The van der Waals surface area contributed by atoms with Crippen LogP contribution in [0.3, 0.4) is 0 Å². The lowest BCUT2D eigenvalue weighted by Crippen LogP contribution is -2.18. The zero-order valence-electron chi connectivity index (χ0n) is 11.7. The van der Waals surface area contributed by atoms with Gasteiger partial charge >= 0.3 is 5.97 Å². The average molecular weight is 310 g/mol. The Balaban J connectivity index is 2.37. The quantitative estimate of drug-likeness (QED) is 0.764. The van der Waals surface area contributed by atoms with Crippen LogP contribution in [0.5, 0.6) is 0 Å². The summed E-state index contributed by atoms with van der Waals surface area (Å²) in [6, 6.07) is 5.72. The van der Waals surface area contributed by atoms with Gasteiger partial charge in [-0.2, -0.15) is 16.7 Å². The Labute approximate surface area is 125 Å². The van der Waals surface area contributed by atoms with Crippen LogP contribution in [0.4, 0.5) is 4.39 Å². The maximum Gasteiger partial charge on any atom is 0.323 e. The lowest BCUT2D eigenvalue weighted by Gasteiger charge is -2.12. The Morgan fingerprint density at radius 3 is 3.00 bits per heavy atom. The molecule has 0 spiro atoms. The molecule has 0 aliphatic heterocycles. The molecule has 0 saturated carbocycles. The molecule has 2 rings (SSSR count). The lowest BCUT2D eigenvalue weighted by molar-refractivity contribution is -0.144. The van der Waals surface area contributed by atoms with E-state index in [1.54, 1.807) is 13.0 Å². The molecule has 0 saturated heterocycles. The summed E-state index contributed by atoms with van der Waals surface area (Å²) in [7, 11) is 0. The van der Waals surface area contributed by atoms with Crippen molar-refractivity contribution < 1.29 is 18.4 Å². The number of ether oxygens (including phenoxy) is 1. The van der Waals surface area contributed by atoms with Crippen molar-refractivity contribution in [3.63, 3.8) is 0 Å². The second kappa shape index (κ2) is 7.21. The van der Waals surface area contributed by atoms with Crippen molar-refractivity contribution in [1.29, 1.82) is 0 Å². The summed E-state index contributed by atoms with van der Waals surface area (Å²) in [6.45, 7) is 1.92. The zero-order chi connectivity index (χ0) is 15.2. The van der Waals surface area contributed by atoms with Crippen molar-refractivity contribution in [3.8, 4) is 0 Å². The van der Waals surface area contributed by atoms with Crippen LogP contribution in [0.25, 0.3) is 0 Å². The molecule has 1 atom stereocenters. The van der Waals surface area contributed by atoms with Gasteiger partial charge < -0.3 is 9.26 Å². The maximum atomic E-state index is 13.4. The van der Waals surface area contributed by atoms with E-state index in [1.165, 1.54) is 30.0 Å². The highest BCUT2D eigenvalue weighted by molar-refractivity contribution is 7.97. The number of halogens is 1. The van der Waals surface area contributed by atoms with Gasteiger partial charge in [0.15, 0.2) is 11.7 Å².